The predicted molar refractivity (Wildman–Crippen MR) is 193 cm³/mol. The number of anilines is 1. The average molecular weight is 707 g/mol. The third kappa shape index (κ3) is 8.86. The van der Waals surface area contributed by atoms with Gasteiger partial charge in [0.05, 0.1) is 11.2 Å². The fourth-order valence-corrected chi connectivity index (χ4v) is 6.47. The Kier molecular flexibility index (Phi) is 11.0. The molecule has 1 aromatic heterocycles. The highest BCUT2D eigenvalue weighted by molar-refractivity contribution is 6.62. The fraction of sp³-hybridized carbons (Fsp3) is 0.528. The summed E-state index contributed by atoms with van der Waals surface area (Å²) in [5, 5.41) is 9.76. The van der Waals surface area contributed by atoms with Crippen LogP contribution in [0.1, 0.15) is 79.7 Å². The molecule has 2 fully saturated rings. The number of carbonyl (C=O) groups excluding carboxylic acids is 3. The lowest BCUT2D eigenvalue weighted by molar-refractivity contribution is -0.127. The zero-order valence-corrected chi connectivity index (χ0v) is 30.7. The van der Waals surface area contributed by atoms with E-state index in [4.69, 9.17) is 31.4 Å². The number of hydrogen-bond acceptors (Lipinski definition) is 8. The SMILES string of the molecule is CC(C)(C)OC(=O)NCC1CCC(C(=O)N(c2ccc(-c3n[nH]c(Cl)n3)cc2)[C@@H](Cc2cccc(B3OC(C)(C)C(C)(C)O3)c2)C(N)=O)CC1. The monoisotopic (exact) mass is 706 g/mol. The van der Waals surface area contributed by atoms with Crippen molar-refractivity contribution >= 4 is 47.8 Å². The molecule has 12 nitrogen and oxygen atoms in total. The number of halogens is 1. The van der Waals surface area contributed by atoms with Gasteiger partial charge in [0, 0.05) is 30.1 Å². The van der Waals surface area contributed by atoms with E-state index in [9.17, 15) is 14.4 Å². The summed E-state index contributed by atoms with van der Waals surface area (Å²) in [6.07, 6.45) is 2.41. The first kappa shape index (κ1) is 37.3. The van der Waals surface area contributed by atoms with Crippen molar-refractivity contribution in [1.29, 1.82) is 0 Å². The van der Waals surface area contributed by atoms with Gasteiger partial charge in [0.25, 0.3) is 0 Å². The number of hydrogen-bond donors (Lipinski definition) is 3. The Bertz CT molecular complexity index is 1670. The maximum absolute atomic E-state index is 14.5. The highest BCUT2D eigenvalue weighted by Gasteiger charge is 2.51. The van der Waals surface area contributed by atoms with Crippen LogP contribution in [0.4, 0.5) is 10.5 Å². The Labute approximate surface area is 299 Å². The number of aromatic amines is 1. The molecule has 1 aliphatic carbocycles. The topological polar surface area (TPSA) is 162 Å². The first-order valence-electron chi connectivity index (χ1n) is 17.1. The summed E-state index contributed by atoms with van der Waals surface area (Å²) in [5.41, 5.74) is 7.34. The van der Waals surface area contributed by atoms with Crippen molar-refractivity contribution in [1.82, 2.24) is 20.5 Å². The summed E-state index contributed by atoms with van der Waals surface area (Å²) in [6, 6.07) is 13.8. The third-order valence-corrected chi connectivity index (χ3v) is 9.94. The highest BCUT2D eigenvalue weighted by Crippen LogP contribution is 2.37. The molecule has 50 heavy (non-hydrogen) atoms. The van der Waals surface area contributed by atoms with Crippen LogP contribution in [0, 0.1) is 11.8 Å². The summed E-state index contributed by atoms with van der Waals surface area (Å²) in [5.74, 6) is -0.527. The molecule has 268 valence electrons. The van der Waals surface area contributed by atoms with E-state index >= 15 is 0 Å². The summed E-state index contributed by atoms with van der Waals surface area (Å²) >= 11 is 5.95. The number of aromatic nitrogens is 3. The molecule has 0 bridgehead atoms. The number of H-pyrrole nitrogens is 1. The molecule has 0 radical (unpaired) electrons. The number of amides is 3. The number of nitrogens with two attached hydrogens (primary N) is 1. The zero-order valence-electron chi connectivity index (χ0n) is 29.9. The van der Waals surface area contributed by atoms with Gasteiger partial charge in [0.2, 0.25) is 17.1 Å². The number of carbonyl (C=O) groups is 3. The molecule has 14 heteroatoms. The number of rotatable bonds is 10. The van der Waals surface area contributed by atoms with Gasteiger partial charge in [-0.1, -0.05) is 24.3 Å². The molecule has 0 spiro atoms. The minimum absolute atomic E-state index is 0.161. The molecule has 0 unspecified atom stereocenters. The molecule has 2 aromatic carbocycles. The molecule has 1 saturated heterocycles. The van der Waals surface area contributed by atoms with Crippen LogP contribution < -0.4 is 21.4 Å². The molecule has 4 N–H and O–H groups in total. The van der Waals surface area contributed by atoms with Crippen molar-refractivity contribution in [3.05, 3.63) is 59.4 Å². The van der Waals surface area contributed by atoms with Crippen molar-refractivity contribution in [3.63, 3.8) is 0 Å². The molecule has 2 aliphatic rings. The van der Waals surface area contributed by atoms with Crippen molar-refractivity contribution in [2.24, 2.45) is 17.6 Å². The van der Waals surface area contributed by atoms with Crippen LogP contribution in [0.15, 0.2) is 48.5 Å². The number of alkyl carbamates (subject to hydrolysis) is 1. The maximum Gasteiger partial charge on any atom is 0.494 e. The van der Waals surface area contributed by atoms with Crippen molar-refractivity contribution in [3.8, 4) is 11.4 Å². The van der Waals surface area contributed by atoms with Gasteiger partial charge in [0.15, 0.2) is 5.82 Å². The van der Waals surface area contributed by atoms with Crippen LogP contribution in [0.25, 0.3) is 11.4 Å². The number of benzene rings is 2. The van der Waals surface area contributed by atoms with Crippen LogP contribution in [-0.4, -0.2) is 69.6 Å². The molecule has 3 aromatic rings. The van der Waals surface area contributed by atoms with Crippen LogP contribution in [0.2, 0.25) is 5.28 Å². The fourth-order valence-electron chi connectivity index (χ4n) is 6.34. The molecule has 5 rings (SSSR count). The molecule has 3 amide bonds. The predicted octanol–water partition coefficient (Wildman–Crippen LogP) is 5.19. The number of nitrogens with zero attached hydrogens (tertiary/aromatic N) is 3. The number of ether oxygens (including phenoxy) is 1. The van der Waals surface area contributed by atoms with Gasteiger partial charge >= 0.3 is 13.2 Å². The Hall–Kier alpha value is -3.94. The molecular formula is C36H48BClN6O6. The lowest BCUT2D eigenvalue weighted by Crippen LogP contribution is -2.52. The van der Waals surface area contributed by atoms with E-state index < -0.39 is 42.0 Å². The number of nitrogens with one attached hydrogen (secondary N) is 2. The van der Waals surface area contributed by atoms with Crippen molar-refractivity contribution in [2.75, 3.05) is 11.4 Å². The van der Waals surface area contributed by atoms with E-state index in [0.717, 1.165) is 23.9 Å². The van der Waals surface area contributed by atoms with Crippen LogP contribution in [0.3, 0.4) is 0 Å². The minimum Gasteiger partial charge on any atom is -0.444 e. The minimum atomic E-state index is -0.980. The second-order valence-corrected chi connectivity index (χ2v) is 15.6. The Morgan fingerprint density at radius 3 is 2.26 bits per heavy atom. The zero-order chi connectivity index (χ0) is 36.4. The van der Waals surface area contributed by atoms with E-state index in [0.29, 0.717) is 36.5 Å². The maximum atomic E-state index is 14.5. The van der Waals surface area contributed by atoms with Gasteiger partial charge < -0.3 is 25.1 Å². The van der Waals surface area contributed by atoms with E-state index in [-0.39, 0.29) is 29.4 Å². The van der Waals surface area contributed by atoms with Crippen molar-refractivity contribution in [2.45, 2.75) is 103 Å². The Balaban J connectivity index is 1.37. The molecule has 1 atom stereocenters. The van der Waals surface area contributed by atoms with E-state index in [1.54, 1.807) is 29.2 Å². The van der Waals surface area contributed by atoms with Gasteiger partial charge in [-0.05, 0) is 127 Å². The van der Waals surface area contributed by atoms with Crippen LogP contribution in [0.5, 0.6) is 0 Å². The second-order valence-electron chi connectivity index (χ2n) is 15.3. The Morgan fingerprint density at radius 2 is 1.70 bits per heavy atom. The van der Waals surface area contributed by atoms with E-state index in [2.05, 4.69) is 20.5 Å². The van der Waals surface area contributed by atoms with Gasteiger partial charge in [-0.3, -0.25) is 14.5 Å². The largest absolute Gasteiger partial charge is 0.494 e. The quantitative estimate of drug-likeness (QED) is 0.243. The van der Waals surface area contributed by atoms with Gasteiger partial charge in [0.1, 0.15) is 11.6 Å². The van der Waals surface area contributed by atoms with Gasteiger partial charge in [-0.15, -0.1) is 0 Å². The van der Waals surface area contributed by atoms with Crippen LogP contribution in [-0.2, 0) is 30.1 Å². The molecule has 1 saturated carbocycles. The van der Waals surface area contributed by atoms with Crippen molar-refractivity contribution < 1.29 is 28.4 Å². The van der Waals surface area contributed by atoms with Crippen LogP contribution >= 0.6 is 11.6 Å². The Morgan fingerprint density at radius 1 is 1.06 bits per heavy atom. The summed E-state index contributed by atoms with van der Waals surface area (Å²) in [7, 11) is -0.582. The van der Waals surface area contributed by atoms with E-state index in [1.165, 1.54) is 0 Å². The summed E-state index contributed by atoms with van der Waals surface area (Å²) < 4.78 is 17.9. The molecular weight excluding hydrogens is 659 g/mol. The number of primary amides is 1. The summed E-state index contributed by atoms with van der Waals surface area (Å²) in [6.45, 7) is 13.9. The lowest BCUT2D eigenvalue weighted by Gasteiger charge is -2.36. The smallest absolute Gasteiger partial charge is 0.444 e. The lowest BCUT2D eigenvalue weighted by atomic mass is 9.78. The van der Waals surface area contributed by atoms with Gasteiger partial charge in [-0.2, -0.15) is 10.1 Å². The third-order valence-electron chi connectivity index (χ3n) is 9.77. The summed E-state index contributed by atoms with van der Waals surface area (Å²) in [4.78, 5) is 45.7. The van der Waals surface area contributed by atoms with E-state index in [1.807, 2.05) is 72.7 Å². The average Bonchev–Trinajstić information content (AvgIpc) is 3.57. The first-order chi connectivity index (χ1) is 23.4. The highest BCUT2D eigenvalue weighted by atomic mass is 35.5. The second kappa shape index (κ2) is 14.7. The normalized spacial score (nSPS) is 20.6. The molecule has 1 aliphatic heterocycles. The van der Waals surface area contributed by atoms with Gasteiger partial charge in [-0.25, -0.2) is 9.89 Å². The molecule has 2 heterocycles. The standard InChI is InChI=1S/C36H48BClN6O6/c1-34(2,3)48-33(47)40-21-22-11-13-25(14-12-22)31(46)44(27-17-15-24(16-18-27)30-41-32(38)43-42-30)28(29(39)45)20-23-9-8-10-26(19-23)37-49-35(4,5)36(6,7)50-37/h8-10,15-19,22,25,28H,11-14,20-21H2,1-7H3,(H2,39,45)(H,40,47)(H,41,42,43)/t22?,25?,28-/m0/s1. The first-order valence-corrected chi connectivity index (χ1v) is 17.5.